The minimum Gasteiger partial charge on any atom is -0.393 e. The Labute approximate surface area is 128 Å². The molecule has 2 aromatic rings. The van der Waals surface area contributed by atoms with Crippen molar-refractivity contribution >= 4 is 17.0 Å². The number of nitrogen functional groups attached to an aromatic ring is 1. The van der Waals surface area contributed by atoms with E-state index in [0.717, 1.165) is 0 Å². The predicted molar refractivity (Wildman–Crippen MR) is 74.6 cm³/mol. The third kappa shape index (κ3) is 2.24. The molecule has 3 rings (SSSR count). The van der Waals surface area contributed by atoms with Crippen molar-refractivity contribution in [1.29, 1.82) is 0 Å². The molecular formula is C11H13FN8O3. The molecule has 3 heterocycles. The molecule has 2 aromatic heterocycles. The first kappa shape index (κ1) is 15.4. The van der Waals surface area contributed by atoms with E-state index < -0.39 is 37.3 Å². The summed E-state index contributed by atoms with van der Waals surface area (Å²) in [6.45, 7) is -1.16. The summed E-state index contributed by atoms with van der Waals surface area (Å²) in [5.74, 6) is 0.116. The van der Waals surface area contributed by atoms with Crippen LogP contribution < -0.4 is 5.73 Å². The number of imidazole rings is 1. The van der Waals surface area contributed by atoms with Gasteiger partial charge in [0.05, 0.1) is 19.5 Å². The fourth-order valence-corrected chi connectivity index (χ4v) is 2.55. The average molecular weight is 324 g/mol. The number of nitrogens with zero attached hydrogens (tertiary/aromatic N) is 7. The number of halogens is 1. The highest BCUT2D eigenvalue weighted by atomic mass is 19.1. The lowest BCUT2D eigenvalue weighted by molar-refractivity contribution is -0.120. The molecule has 1 aliphatic rings. The third-order valence-corrected chi connectivity index (χ3v) is 3.80. The van der Waals surface area contributed by atoms with Gasteiger partial charge in [-0.3, -0.25) is 4.57 Å². The number of alkyl halides is 1. The number of aromatic nitrogens is 4. The zero-order valence-corrected chi connectivity index (χ0v) is 11.7. The number of nitrogens with two attached hydrogens (primary N) is 1. The van der Waals surface area contributed by atoms with Gasteiger partial charge in [-0.25, -0.2) is 19.3 Å². The van der Waals surface area contributed by atoms with Crippen LogP contribution >= 0.6 is 0 Å². The van der Waals surface area contributed by atoms with Crippen molar-refractivity contribution in [3.8, 4) is 0 Å². The molecule has 1 aliphatic heterocycles. The first-order valence-electron chi connectivity index (χ1n) is 6.59. The fourth-order valence-electron chi connectivity index (χ4n) is 2.55. The molecule has 0 bridgehead atoms. The van der Waals surface area contributed by atoms with Gasteiger partial charge >= 0.3 is 0 Å². The molecule has 0 spiro atoms. The summed E-state index contributed by atoms with van der Waals surface area (Å²) in [6.07, 6.45) is -2.47. The van der Waals surface area contributed by atoms with Gasteiger partial charge in [0.2, 0.25) is 0 Å². The van der Waals surface area contributed by atoms with E-state index in [-0.39, 0.29) is 17.0 Å². The van der Waals surface area contributed by atoms with E-state index in [9.17, 15) is 14.6 Å². The molecule has 0 amide bonds. The maximum Gasteiger partial charge on any atom is 0.174 e. The van der Waals surface area contributed by atoms with Crippen molar-refractivity contribution in [3.63, 3.8) is 0 Å². The van der Waals surface area contributed by atoms with Gasteiger partial charge in [0, 0.05) is 4.91 Å². The monoisotopic (exact) mass is 324 g/mol. The van der Waals surface area contributed by atoms with Gasteiger partial charge in [-0.05, 0) is 5.53 Å². The summed E-state index contributed by atoms with van der Waals surface area (Å²) in [7, 11) is 0. The van der Waals surface area contributed by atoms with Crippen LogP contribution in [-0.2, 0) is 4.74 Å². The van der Waals surface area contributed by atoms with Crippen LogP contribution in [-0.4, -0.2) is 60.8 Å². The minimum atomic E-state index is -1.90. The standard InChI is InChI=1S/C11H13FN8O3/c12-5-7(22)11(2-21,1-18-19-14)23-10(5)20-4-17-6-8(13)15-3-16-9(6)20/h3-5,7,10,21-22H,1-2H2,(H2,13,15,16)/t5-,7+,10?,11-/m1/s1. The van der Waals surface area contributed by atoms with Crippen molar-refractivity contribution in [2.75, 3.05) is 18.9 Å². The molecule has 23 heavy (non-hydrogen) atoms. The molecule has 12 heteroatoms. The molecule has 0 saturated carbocycles. The second-order valence-corrected chi connectivity index (χ2v) is 5.09. The van der Waals surface area contributed by atoms with Crippen molar-refractivity contribution < 1.29 is 19.3 Å². The summed E-state index contributed by atoms with van der Waals surface area (Å²) >= 11 is 0. The second-order valence-electron chi connectivity index (χ2n) is 5.09. The molecule has 0 radical (unpaired) electrons. The Balaban J connectivity index is 2.03. The summed E-state index contributed by atoms with van der Waals surface area (Å²) in [4.78, 5) is 14.3. The molecule has 1 saturated heterocycles. The van der Waals surface area contributed by atoms with Crippen molar-refractivity contribution in [2.24, 2.45) is 5.11 Å². The van der Waals surface area contributed by atoms with Crippen molar-refractivity contribution in [1.82, 2.24) is 19.5 Å². The number of rotatable bonds is 4. The minimum absolute atomic E-state index is 0.116. The zero-order valence-electron chi connectivity index (χ0n) is 11.7. The van der Waals surface area contributed by atoms with Gasteiger partial charge in [-0.15, -0.1) is 0 Å². The number of fused-ring (bicyclic) bond motifs is 1. The van der Waals surface area contributed by atoms with Crippen LogP contribution in [0.5, 0.6) is 0 Å². The van der Waals surface area contributed by atoms with E-state index in [2.05, 4.69) is 25.0 Å². The number of hydrogen-bond donors (Lipinski definition) is 3. The van der Waals surface area contributed by atoms with Gasteiger partial charge < -0.3 is 20.7 Å². The van der Waals surface area contributed by atoms with E-state index in [4.69, 9.17) is 16.0 Å². The SMILES string of the molecule is [N-]=[N+]=NC[C@]1(CO)OC(n2cnc3c(N)ncnc32)[C@H](F)[C@@H]1O. The lowest BCUT2D eigenvalue weighted by Gasteiger charge is -2.27. The quantitative estimate of drug-likeness (QED) is 0.393. The number of azide groups is 1. The number of hydrogen-bond acceptors (Lipinski definition) is 8. The molecule has 1 unspecified atom stereocenters. The van der Waals surface area contributed by atoms with Crippen LogP contribution in [0.25, 0.3) is 21.6 Å². The highest BCUT2D eigenvalue weighted by Gasteiger charge is 2.55. The Hall–Kier alpha value is -2.53. The van der Waals surface area contributed by atoms with Crippen LogP contribution in [0, 0.1) is 0 Å². The molecule has 0 aliphatic carbocycles. The maximum absolute atomic E-state index is 14.5. The Kier molecular flexibility index (Phi) is 3.74. The van der Waals surface area contributed by atoms with Crippen LogP contribution in [0.2, 0.25) is 0 Å². The molecule has 4 N–H and O–H groups in total. The number of aliphatic hydroxyl groups is 2. The number of aliphatic hydroxyl groups excluding tert-OH is 2. The highest BCUT2D eigenvalue weighted by Crippen LogP contribution is 2.40. The molecule has 122 valence electrons. The Morgan fingerprint density at radius 1 is 1.52 bits per heavy atom. The van der Waals surface area contributed by atoms with Crippen LogP contribution in [0.3, 0.4) is 0 Å². The smallest absolute Gasteiger partial charge is 0.174 e. The zero-order chi connectivity index (χ0) is 16.6. The van der Waals surface area contributed by atoms with Crippen molar-refractivity contribution in [2.45, 2.75) is 24.1 Å². The van der Waals surface area contributed by atoms with E-state index in [0.29, 0.717) is 0 Å². The third-order valence-electron chi connectivity index (χ3n) is 3.80. The fraction of sp³-hybridized carbons (Fsp3) is 0.545. The molecule has 11 nitrogen and oxygen atoms in total. The first-order chi connectivity index (χ1) is 11.0. The highest BCUT2D eigenvalue weighted by molar-refractivity contribution is 5.81. The molecule has 4 atom stereocenters. The van der Waals surface area contributed by atoms with Gasteiger partial charge in [-0.1, -0.05) is 5.11 Å². The lowest BCUT2D eigenvalue weighted by Crippen LogP contribution is -2.48. The van der Waals surface area contributed by atoms with E-state index in [1.165, 1.54) is 17.2 Å². The van der Waals surface area contributed by atoms with E-state index >= 15 is 0 Å². The molecular weight excluding hydrogens is 311 g/mol. The predicted octanol–water partition coefficient (Wildman–Crippen LogP) is -0.322. The number of ether oxygens (including phenoxy) is 1. The van der Waals surface area contributed by atoms with E-state index in [1.54, 1.807) is 0 Å². The lowest BCUT2D eigenvalue weighted by atomic mass is 9.97. The first-order valence-corrected chi connectivity index (χ1v) is 6.59. The summed E-state index contributed by atoms with van der Waals surface area (Å²) in [5.41, 5.74) is 12.8. The summed E-state index contributed by atoms with van der Waals surface area (Å²) in [5, 5.41) is 22.9. The van der Waals surface area contributed by atoms with Gasteiger partial charge in [0.1, 0.15) is 23.5 Å². The Morgan fingerprint density at radius 2 is 2.30 bits per heavy atom. The van der Waals surface area contributed by atoms with Gasteiger partial charge in [-0.2, -0.15) is 0 Å². The maximum atomic E-state index is 14.5. The average Bonchev–Trinajstić information content (AvgIpc) is 3.09. The Morgan fingerprint density at radius 3 is 3.00 bits per heavy atom. The largest absolute Gasteiger partial charge is 0.393 e. The number of anilines is 1. The molecule has 0 aromatic carbocycles. The van der Waals surface area contributed by atoms with Crippen LogP contribution in [0.1, 0.15) is 6.23 Å². The Bertz CT molecular complexity index is 778. The molecule has 1 fully saturated rings. The van der Waals surface area contributed by atoms with Crippen LogP contribution in [0.15, 0.2) is 17.8 Å². The van der Waals surface area contributed by atoms with E-state index in [1.807, 2.05) is 0 Å². The second kappa shape index (κ2) is 5.59. The summed E-state index contributed by atoms with van der Waals surface area (Å²) in [6, 6.07) is 0. The van der Waals surface area contributed by atoms with Gasteiger partial charge in [0.15, 0.2) is 23.9 Å². The topological polar surface area (TPSA) is 168 Å². The van der Waals surface area contributed by atoms with Crippen LogP contribution in [0.4, 0.5) is 10.2 Å². The van der Waals surface area contributed by atoms with Gasteiger partial charge in [0.25, 0.3) is 0 Å². The normalized spacial score (nSPS) is 30.5. The summed E-state index contributed by atoms with van der Waals surface area (Å²) < 4.78 is 21.3. The van der Waals surface area contributed by atoms with Crippen molar-refractivity contribution in [3.05, 3.63) is 23.1 Å².